The Kier molecular flexibility index (Phi) is 10.1. The summed E-state index contributed by atoms with van der Waals surface area (Å²) in [6.07, 6.45) is 0.346. The molecule has 190 valence electrons. The van der Waals surface area contributed by atoms with Gasteiger partial charge in [-0.1, -0.05) is 71.2 Å². The van der Waals surface area contributed by atoms with Crippen LogP contribution in [0.4, 0.5) is 0 Å². The van der Waals surface area contributed by atoms with E-state index >= 15 is 0 Å². The summed E-state index contributed by atoms with van der Waals surface area (Å²) in [5, 5.41) is 4.32. The number of rotatable bonds is 10. The number of amides is 2. The van der Waals surface area contributed by atoms with Crippen LogP contribution in [-0.2, 0) is 22.6 Å². The highest BCUT2D eigenvalue weighted by Crippen LogP contribution is 2.27. The van der Waals surface area contributed by atoms with Crippen molar-refractivity contribution in [1.82, 2.24) is 10.2 Å². The molecule has 3 rings (SSSR count). The van der Waals surface area contributed by atoms with E-state index in [0.717, 1.165) is 22.3 Å². The monoisotopic (exact) mass is 546 g/mol. The van der Waals surface area contributed by atoms with Gasteiger partial charge in [-0.05, 0) is 67.3 Å². The Morgan fingerprint density at radius 3 is 2.19 bits per heavy atom. The number of ether oxygens (including phenoxy) is 1. The number of likely N-dealkylation sites (N-methyl/N-ethyl adjacent to an activating group) is 1. The molecule has 3 aromatic rings. The van der Waals surface area contributed by atoms with Crippen LogP contribution in [0.1, 0.15) is 29.2 Å². The van der Waals surface area contributed by atoms with E-state index in [4.69, 9.17) is 39.5 Å². The first-order chi connectivity index (χ1) is 17.2. The minimum absolute atomic E-state index is 0.159. The van der Waals surface area contributed by atoms with Crippen molar-refractivity contribution in [3.8, 4) is 5.75 Å². The molecule has 0 aliphatic carbocycles. The SMILES string of the molecule is CCNC(=O)C(Cc1ccccc1)N(Cc1ccc(Cl)c(Cl)c1)C(=O)COc1cc(C)c(Cl)c(C)c1. The molecule has 0 saturated heterocycles. The molecule has 0 bridgehead atoms. The van der Waals surface area contributed by atoms with E-state index in [1.54, 1.807) is 30.3 Å². The Balaban J connectivity index is 1.92. The summed E-state index contributed by atoms with van der Waals surface area (Å²) in [5.41, 5.74) is 3.40. The molecule has 1 unspecified atom stereocenters. The van der Waals surface area contributed by atoms with E-state index in [9.17, 15) is 9.59 Å². The zero-order valence-electron chi connectivity index (χ0n) is 20.5. The summed E-state index contributed by atoms with van der Waals surface area (Å²) in [6, 6.07) is 17.6. The Labute approximate surface area is 227 Å². The number of nitrogens with zero attached hydrogens (tertiary/aromatic N) is 1. The second-order valence-electron chi connectivity index (χ2n) is 8.53. The van der Waals surface area contributed by atoms with Crippen molar-refractivity contribution in [1.29, 1.82) is 0 Å². The molecule has 3 aromatic carbocycles. The highest BCUT2D eigenvalue weighted by molar-refractivity contribution is 6.42. The van der Waals surface area contributed by atoms with Crippen LogP contribution in [-0.4, -0.2) is 35.9 Å². The maximum atomic E-state index is 13.6. The first-order valence-electron chi connectivity index (χ1n) is 11.6. The molecule has 0 aromatic heterocycles. The summed E-state index contributed by atoms with van der Waals surface area (Å²) < 4.78 is 5.86. The van der Waals surface area contributed by atoms with Gasteiger partial charge in [0.25, 0.3) is 5.91 Å². The Bertz CT molecular complexity index is 1190. The van der Waals surface area contributed by atoms with Crippen molar-refractivity contribution in [2.24, 2.45) is 0 Å². The highest BCUT2D eigenvalue weighted by atomic mass is 35.5. The van der Waals surface area contributed by atoms with Gasteiger partial charge in [-0.2, -0.15) is 0 Å². The molecule has 0 heterocycles. The quantitative estimate of drug-likeness (QED) is 0.319. The molecule has 36 heavy (non-hydrogen) atoms. The summed E-state index contributed by atoms with van der Waals surface area (Å²) in [6.45, 7) is 5.96. The van der Waals surface area contributed by atoms with Crippen LogP contribution in [0, 0.1) is 13.8 Å². The minimum Gasteiger partial charge on any atom is -0.484 e. The fourth-order valence-electron chi connectivity index (χ4n) is 3.90. The second kappa shape index (κ2) is 13.0. The third-order valence-electron chi connectivity index (χ3n) is 5.73. The van der Waals surface area contributed by atoms with Gasteiger partial charge < -0.3 is 15.0 Å². The lowest BCUT2D eigenvalue weighted by molar-refractivity contribution is -0.142. The molecule has 0 spiro atoms. The van der Waals surface area contributed by atoms with Crippen LogP contribution in [0.15, 0.2) is 60.7 Å². The van der Waals surface area contributed by atoms with Crippen LogP contribution in [0.25, 0.3) is 0 Å². The number of aryl methyl sites for hydroxylation is 2. The third-order valence-corrected chi connectivity index (χ3v) is 7.07. The van der Waals surface area contributed by atoms with Gasteiger partial charge in [0.2, 0.25) is 5.91 Å². The number of benzene rings is 3. The average molecular weight is 548 g/mol. The minimum atomic E-state index is -0.758. The van der Waals surface area contributed by atoms with Gasteiger partial charge in [-0.15, -0.1) is 0 Å². The van der Waals surface area contributed by atoms with E-state index in [2.05, 4.69) is 5.32 Å². The van der Waals surface area contributed by atoms with Crippen molar-refractivity contribution in [3.05, 3.63) is 98.0 Å². The van der Waals surface area contributed by atoms with Crippen LogP contribution in [0.2, 0.25) is 15.1 Å². The van der Waals surface area contributed by atoms with Gasteiger partial charge in [0, 0.05) is 24.5 Å². The number of nitrogens with one attached hydrogen (secondary N) is 1. The van der Waals surface area contributed by atoms with E-state index in [1.165, 1.54) is 4.90 Å². The zero-order chi connectivity index (χ0) is 26.2. The lowest BCUT2D eigenvalue weighted by Gasteiger charge is -2.31. The zero-order valence-corrected chi connectivity index (χ0v) is 22.8. The summed E-state index contributed by atoms with van der Waals surface area (Å²) in [7, 11) is 0. The van der Waals surface area contributed by atoms with Crippen molar-refractivity contribution in [2.45, 2.75) is 39.8 Å². The predicted molar refractivity (Wildman–Crippen MR) is 146 cm³/mol. The Morgan fingerprint density at radius 2 is 1.58 bits per heavy atom. The molecule has 8 heteroatoms. The highest BCUT2D eigenvalue weighted by Gasteiger charge is 2.30. The van der Waals surface area contributed by atoms with Crippen molar-refractivity contribution < 1.29 is 14.3 Å². The van der Waals surface area contributed by atoms with Gasteiger partial charge in [0.05, 0.1) is 10.0 Å². The smallest absolute Gasteiger partial charge is 0.261 e. The lowest BCUT2D eigenvalue weighted by atomic mass is 10.0. The molecule has 0 aliphatic rings. The maximum absolute atomic E-state index is 13.6. The second-order valence-corrected chi connectivity index (χ2v) is 9.72. The van der Waals surface area contributed by atoms with Gasteiger partial charge in [0.15, 0.2) is 6.61 Å². The molecule has 0 saturated carbocycles. The normalized spacial score (nSPS) is 11.6. The van der Waals surface area contributed by atoms with E-state index < -0.39 is 6.04 Å². The van der Waals surface area contributed by atoms with Crippen molar-refractivity contribution in [2.75, 3.05) is 13.2 Å². The summed E-state index contributed by atoms with van der Waals surface area (Å²) >= 11 is 18.6. The van der Waals surface area contributed by atoms with Gasteiger partial charge >= 0.3 is 0 Å². The molecular weight excluding hydrogens is 519 g/mol. The van der Waals surface area contributed by atoms with Crippen LogP contribution >= 0.6 is 34.8 Å². The fraction of sp³-hybridized carbons (Fsp3) is 0.286. The molecular formula is C28H29Cl3N2O3. The standard InChI is InChI=1S/C28H29Cl3N2O3/c1-4-32-28(35)25(15-20-8-6-5-7-9-20)33(16-21-10-11-23(29)24(30)14-21)26(34)17-36-22-12-18(2)27(31)19(3)13-22/h5-14,25H,4,15-17H2,1-3H3,(H,32,35). The molecule has 0 aliphatic heterocycles. The fourth-order valence-corrected chi connectivity index (χ4v) is 4.33. The molecule has 2 amide bonds. The number of halogens is 3. The average Bonchev–Trinajstić information content (AvgIpc) is 2.86. The molecule has 0 fully saturated rings. The summed E-state index contributed by atoms with van der Waals surface area (Å²) in [5.74, 6) is -0.0404. The van der Waals surface area contributed by atoms with Crippen LogP contribution < -0.4 is 10.1 Å². The predicted octanol–water partition coefficient (Wildman–Crippen LogP) is 6.42. The molecule has 5 nitrogen and oxygen atoms in total. The van der Waals surface area contributed by atoms with Crippen molar-refractivity contribution >= 4 is 46.6 Å². The van der Waals surface area contributed by atoms with Gasteiger partial charge in [-0.25, -0.2) is 0 Å². The first kappa shape index (κ1) is 27.9. The van der Waals surface area contributed by atoms with Crippen LogP contribution in [0.3, 0.4) is 0 Å². The Morgan fingerprint density at radius 1 is 0.917 bits per heavy atom. The lowest BCUT2D eigenvalue weighted by Crippen LogP contribution is -2.51. The van der Waals surface area contributed by atoms with E-state index in [-0.39, 0.29) is 25.0 Å². The molecule has 1 N–H and O–H groups in total. The number of hydrogen-bond donors (Lipinski definition) is 1. The van der Waals surface area contributed by atoms with Gasteiger partial charge in [-0.3, -0.25) is 9.59 Å². The number of carbonyl (C=O) groups excluding carboxylic acids is 2. The number of carbonyl (C=O) groups is 2. The Hall–Kier alpha value is -2.73. The largest absolute Gasteiger partial charge is 0.484 e. The molecule has 0 radical (unpaired) electrons. The first-order valence-corrected chi connectivity index (χ1v) is 12.8. The van der Waals surface area contributed by atoms with Crippen molar-refractivity contribution in [3.63, 3.8) is 0 Å². The number of hydrogen-bond acceptors (Lipinski definition) is 3. The molecule has 1 atom stereocenters. The van der Waals surface area contributed by atoms with E-state index in [1.807, 2.05) is 51.1 Å². The topological polar surface area (TPSA) is 58.6 Å². The van der Waals surface area contributed by atoms with Crippen LogP contribution in [0.5, 0.6) is 5.75 Å². The maximum Gasteiger partial charge on any atom is 0.261 e. The van der Waals surface area contributed by atoms with E-state index in [0.29, 0.717) is 33.8 Å². The third kappa shape index (κ3) is 7.39. The van der Waals surface area contributed by atoms with Gasteiger partial charge in [0.1, 0.15) is 11.8 Å². The summed E-state index contributed by atoms with van der Waals surface area (Å²) in [4.78, 5) is 28.3.